The molecule has 0 fully saturated rings. The topological polar surface area (TPSA) is 42.8 Å². The van der Waals surface area contributed by atoms with E-state index in [0.717, 1.165) is 17.1 Å². The fourth-order valence-electron chi connectivity index (χ4n) is 2.56. The summed E-state index contributed by atoms with van der Waals surface area (Å²) in [7, 11) is 0. The monoisotopic (exact) mass is 337 g/mol. The maximum Gasteiger partial charge on any atom is 0.195 e. The lowest BCUT2D eigenvalue weighted by atomic mass is 10.1. The fraction of sp³-hybridized carbons (Fsp3) is 0.158. The molecule has 0 amide bonds. The molecule has 0 saturated heterocycles. The van der Waals surface area contributed by atoms with E-state index in [2.05, 4.69) is 41.0 Å². The number of rotatable bonds is 6. The SMILES string of the molecule is C=CCn1c(C(C)Oc2ccc(-c3ccccc3)cc2)n[nH]c1=S. The molecule has 24 heavy (non-hydrogen) atoms. The highest BCUT2D eigenvalue weighted by molar-refractivity contribution is 7.71. The smallest absolute Gasteiger partial charge is 0.195 e. The minimum Gasteiger partial charge on any atom is -0.483 e. The predicted octanol–water partition coefficient (Wildman–Crippen LogP) is 4.93. The van der Waals surface area contributed by atoms with Gasteiger partial charge in [-0.15, -0.1) is 6.58 Å². The number of aromatic amines is 1. The third-order valence-corrected chi connectivity index (χ3v) is 4.05. The Kier molecular flexibility index (Phi) is 4.91. The van der Waals surface area contributed by atoms with Crippen molar-refractivity contribution >= 4 is 12.2 Å². The summed E-state index contributed by atoms with van der Waals surface area (Å²) in [6.07, 6.45) is 1.57. The average Bonchev–Trinajstić information content (AvgIpc) is 2.98. The summed E-state index contributed by atoms with van der Waals surface area (Å²) in [5.74, 6) is 1.55. The van der Waals surface area contributed by atoms with E-state index in [1.165, 1.54) is 5.56 Å². The summed E-state index contributed by atoms with van der Waals surface area (Å²) < 4.78 is 8.46. The molecule has 1 N–H and O–H groups in total. The van der Waals surface area contributed by atoms with Crippen molar-refractivity contribution in [2.75, 3.05) is 0 Å². The second-order valence-corrected chi connectivity index (χ2v) is 5.82. The number of ether oxygens (including phenoxy) is 1. The maximum absolute atomic E-state index is 6.01. The Morgan fingerprint density at radius 3 is 2.50 bits per heavy atom. The molecule has 1 unspecified atom stereocenters. The van der Waals surface area contributed by atoms with Crippen LogP contribution in [0.15, 0.2) is 67.3 Å². The molecule has 0 saturated carbocycles. The third kappa shape index (κ3) is 3.46. The van der Waals surface area contributed by atoms with Gasteiger partial charge in [-0.1, -0.05) is 48.5 Å². The molecular weight excluding hydrogens is 318 g/mol. The van der Waals surface area contributed by atoms with Crippen LogP contribution in [0.4, 0.5) is 0 Å². The van der Waals surface area contributed by atoms with Crippen LogP contribution in [0.25, 0.3) is 11.1 Å². The molecule has 122 valence electrons. The molecule has 1 aromatic heterocycles. The summed E-state index contributed by atoms with van der Waals surface area (Å²) in [6.45, 7) is 6.31. The van der Waals surface area contributed by atoms with Gasteiger partial charge in [-0.3, -0.25) is 9.67 Å². The zero-order valence-corrected chi connectivity index (χ0v) is 14.3. The standard InChI is InChI=1S/C19H19N3OS/c1-3-13-22-18(20-21-19(22)24)14(2)23-17-11-9-16(10-12-17)15-7-5-4-6-8-15/h3-12,14H,1,13H2,2H3,(H,21,24). The molecule has 1 atom stereocenters. The Hall–Kier alpha value is -2.66. The van der Waals surface area contributed by atoms with Gasteiger partial charge in [0, 0.05) is 6.54 Å². The molecule has 3 aromatic rings. The van der Waals surface area contributed by atoms with Crippen LogP contribution in [0.5, 0.6) is 5.75 Å². The zero-order valence-electron chi connectivity index (χ0n) is 13.5. The van der Waals surface area contributed by atoms with E-state index in [4.69, 9.17) is 17.0 Å². The van der Waals surface area contributed by atoms with Crippen LogP contribution in [0, 0.1) is 4.77 Å². The number of H-pyrrole nitrogens is 1. The lowest BCUT2D eigenvalue weighted by Crippen LogP contribution is -2.11. The largest absolute Gasteiger partial charge is 0.483 e. The third-order valence-electron chi connectivity index (χ3n) is 3.74. The van der Waals surface area contributed by atoms with Crippen molar-refractivity contribution in [2.45, 2.75) is 19.6 Å². The van der Waals surface area contributed by atoms with Crippen LogP contribution in [-0.2, 0) is 6.54 Å². The van der Waals surface area contributed by atoms with E-state index >= 15 is 0 Å². The first kappa shape index (κ1) is 16.2. The Bertz CT molecular complexity index is 866. The Morgan fingerprint density at radius 2 is 1.83 bits per heavy atom. The molecule has 5 heteroatoms. The Morgan fingerprint density at radius 1 is 1.17 bits per heavy atom. The van der Waals surface area contributed by atoms with Crippen molar-refractivity contribution in [3.05, 3.63) is 77.8 Å². The molecular formula is C19H19N3OS. The number of nitrogens with zero attached hydrogens (tertiary/aromatic N) is 2. The van der Waals surface area contributed by atoms with E-state index in [0.29, 0.717) is 11.3 Å². The Labute approximate surface area is 146 Å². The summed E-state index contributed by atoms with van der Waals surface area (Å²) in [5, 5.41) is 7.08. The van der Waals surface area contributed by atoms with Crippen molar-refractivity contribution in [3.8, 4) is 16.9 Å². The van der Waals surface area contributed by atoms with Gasteiger partial charge in [-0.05, 0) is 42.4 Å². The van der Waals surface area contributed by atoms with E-state index < -0.39 is 0 Å². The second-order valence-electron chi connectivity index (χ2n) is 5.44. The van der Waals surface area contributed by atoms with Crippen molar-refractivity contribution in [3.63, 3.8) is 0 Å². The molecule has 0 bridgehead atoms. The zero-order chi connectivity index (χ0) is 16.9. The van der Waals surface area contributed by atoms with Gasteiger partial charge in [-0.2, -0.15) is 5.10 Å². The number of nitrogens with one attached hydrogen (secondary N) is 1. The Balaban J connectivity index is 1.77. The highest BCUT2D eigenvalue weighted by Gasteiger charge is 2.15. The predicted molar refractivity (Wildman–Crippen MR) is 98.5 cm³/mol. The van der Waals surface area contributed by atoms with Crippen molar-refractivity contribution in [1.82, 2.24) is 14.8 Å². The molecule has 0 aliphatic heterocycles. The van der Waals surface area contributed by atoms with Gasteiger partial charge in [0.1, 0.15) is 5.75 Å². The molecule has 0 spiro atoms. The van der Waals surface area contributed by atoms with E-state index in [1.54, 1.807) is 6.08 Å². The summed E-state index contributed by atoms with van der Waals surface area (Å²) >= 11 is 5.23. The summed E-state index contributed by atoms with van der Waals surface area (Å²) in [6, 6.07) is 18.3. The van der Waals surface area contributed by atoms with Crippen LogP contribution in [0.1, 0.15) is 18.9 Å². The number of benzene rings is 2. The first-order valence-electron chi connectivity index (χ1n) is 7.77. The minimum absolute atomic E-state index is 0.222. The molecule has 1 heterocycles. The maximum atomic E-state index is 6.01. The lowest BCUT2D eigenvalue weighted by molar-refractivity contribution is 0.211. The second kappa shape index (κ2) is 7.27. The van der Waals surface area contributed by atoms with Crippen LogP contribution in [0.3, 0.4) is 0 Å². The molecule has 4 nitrogen and oxygen atoms in total. The first-order chi connectivity index (χ1) is 11.7. The van der Waals surface area contributed by atoms with E-state index in [9.17, 15) is 0 Å². The van der Waals surface area contributed by atoms with Gasteiger partial charge < -0.3 is 4.74 Å². The van der Waals surface area contributed by atoms with Crippen LogP contribution in [0.2, 0.25) is 0 Å². The van der Waals surface area contributed by atoms with E-state index in [1.807, 2.05) is 41.8 Å². The highest BCUT2D eigenvalue weighted by Crippen LogP contribution is 2.25. The molecule has 0 radical (unpaired) electrons. The van der Waals surface area contributed by atoms with Crippen molar-refractivity contribution in [2.24, 2.45) is 0 Å². The summed E-state index contributed by atoms with van der Waals surface area (Å²) in [4.78, 5) is 0. The fourth-order valence-corrected chi connectivity index (χ4v) is 2.77. The quantitative estimate of drug-likeness (QED) is 0.512. The van der Waals surface area contributed by atoms with Gasteiger partial charge in [0.25, 0.3) is 0 Å². The van der Waals surface area contributed by atoms with E-state index in [-0.39, 0.29) is 6.10 Å². The number of hydrogen-bond donors (Lipinski definition) is 1. The number of allylic oxidation sites excluding steroid dienone is 1. The number of aromatic nitrogens is 3. The van der Waals surface area contributed by atoms with Gasteiger partial charge in [0.2, 0.25) is 0 Å². The van der Waals surface area contributed by atoms with Gasteiger partial charge in [-0.25, -0.2) is 0 Å². The highest BCUT2D eigenvalue weighted by atomic mass is 32.1. The first-order valence-corrected chi connectivity index (χ1v) is 8.18. The minimum atomic E-state index is -0.222. The van der Waals surface area contributed by atoms with Crippen LogP contribution in [-0.4, -0.2) is 14.8 Å². The summed E-state index contributed by atoms with van der Waals surface area (Å²) in [5.41, 5.74) is 2.34. The van der Waals surface area contributed by atoms with Crippen LogP contribution >= 0.6 is 12.2 Å². The normalized spacial score (nSPS) is 11.9. The van der Waals surface area contributed by atoms with Gasteiger partial charge in [0.05, 0.1) is 0 Å². The average molecular weight is 337 g/mol. The van der Waals surface area contributed by atoms with Crippen molar-refractivity contribution in [1.29, 1.82) is 0 Å². The van der Waals surface area contributed by atoms with Gasteiger partial charge >= 0.3 is 0 Å². The number of hydrogen-bond acceptors (Lipinski definition) is 3. The van der Waals surface area contributed by atoms with Crippen molar-refractivity contribution < 1.29 is 4.74 Å². The molecule has 2 aromatic carbocycles. The molecule has 0 aliphatic rings. The molecule has 0 aliphatic carbocycles. The molecule has 3 rings (SSSR count). The van der Waals surface area contributed by atoms with Gasteiger partial charge in [0.15, 0.2) is 16.7 Å². The lowest BCUT2D eigenvalue weighted by Gasteiger charge is -2.15. The van der Waals surface area contributed by atoms with Crippen LogP contribution < -0.4 is 4.74 Å².